The molecule has 31 heavy (non-hydrogen) atoms. The third kappa shape index (κ3) is 3.14. The monoisotopic (exact) mass is 455 g/mol. The first-order chi connectivity index (χ1) is 15.0. The number of hydrogen-bond acceptors (Lipinski definition) is 6. The predicted octanol–water partition coefficient (Wildman–Crippen LogP) is 5.14. The fourth-order valence-corrected chi connectivity index (χ4v) is 4.93. The molecule has 5 rings (SSSR count). The molecule has 0 N–H and O–H groups in total. The highest BCUT2D eigenvalue weighted by atomic mass is 35.5. The third-order valence-electron chi connectivity index (χ3n) is 5.16. The Morgan fingerprint density at radius 1 is 1.19 bits per heavy atom. The summed E-state index contributed by atoms with van der Waals surface area (Å²) in [7, 11) is 0. The molecule has 2 aromatic carbocycles. The fraction of sp³-hybridized carbons (Fsp3) is 0.182. The lowest BCUT2D eigenvalue weighted by molar-refractivity contribution is 0.0970. The van der Waals surface area contributed by atoms with Crippen LogP contribution in [0.4, 0.5) is 9.52 Å². The number of hydrogen-bond donors (Lipinski definition) is 0. The highest BCUT2D eigenvalue weighted by Gasteiger charge is 2.46. The van der Waals surface area contributed by atoms with Crippen LogP contribution in [0.5, 0.6) is 0 Å². The molecule has 2 aromatic heterocycles. The van der Waals surface area contributed by atoms with Crippen LogP contribution in [0.1, 0.15) is 46.1 Å². The van der Waals surface area contributed by atoms with Gasteiger partial charge in [0.05, 0.1) is 10.9 Å². The second-order valence-electron chi connectivity index (χ2n) is 7.14. The van der Waals surface area contributed by atoms with Gasteiger partial charge in [0.2, 0.25) is 10.9 Å². The van der Waals surface area contributed by atoms with Gasteiger partial charge in [-0.3, -0.25) is 14.5 Å². The van der Waals surface area contributed by atoms with Gasteiger partial charge in [-0.1, -0.05) is 48.1 Å². The number of fused-ring (bicyclic) bond motifs is 2. The van der Waals surface area contributed by atoms with Crippen molar-refractivity contribution in [2.75, 3.05) is 4.90 Å². The van der Waals surface area contributed by atoms with Crippen molar-refractivity contribution >= 4 is 44.9 Å². The summed E-state index contributed by atoms with van der Waals surface area (Å²) in [4.78, 5) is 28.1. The molecule has 0 saturated carbocycles. The van der Waals surface area contributed by atoms with E-state index < -0.39 is 23.2 Å². The summed E-state index contributed by atoms with van der Waals surface area (Å²) < 4.78 is 20.7. The molecule has 1 unspecified atom stereocenters. The Morgan fingerprint density at radius 2 is 2.00 bits per heavy atom. The lowest BCUT2D eigenvalue weighted by atomic mass is 9.98. The van der Waals surface area contributed by atoms with Crippen molar-refractivity contribution in [3.8, 4) is 0 Å². The van der Waals surface area contributed by atoms with Crippen molar-refractivity contribution in [1.29, 1.82) is 0 Å². The SMILES string of the molecule is CCCc1nnc(N2C(=O)c3oc4ccc(Cl)cc4c(=O)c3C2c2ccccc2F)s1. The van der Waals surface area contributed by atoms with Crippen molar-refractivity contribution in [3.05, 3.63) is 85.4 Å². The van der Waals surface area contributed by atoms with E-state index in [-0.39, 0.29) is 33.0 Å². The number of aromatic nitrogens is 2. The number of carbonyl (C=O) groups excluding carboxylic acids is 1. The van der Waals surface area contributed by atoms with Crippen molar-refractivity contribution in [2.45, 2.75) is 25.8 Å². The summed E-state index contributed by atoms with van der Waals surface area (Å²) in [5.74, 6) is -1.22. The molecule has 1 aliphatic rings. The van der Waals surface area contributed by atoms with Crippen LogP contribution in [-0.4, -0.2) is 16.1 Å². The maximum absolute atomic E-state index is 14.9. The number of anilines is 1. The molecule has 0 radical (unpaired) electrons. The zero-order valence-electron chi connectivity index (χ0n) is 16.3. The summed E-state index contributed by atoms with van der Waals surface area (Å²) in [5.41, 5.74) is 0.0494. The first kappa shape index (κ1) is 19.8. The van der Waals surface area contributed by atoms with Crippen molar-refractivity contribution in [1.82, 2.24) is 10.2 Å². The summed E-state index contributed by atoms with van der Waals surface area (Å²) in [6, 6.07) is 9.62. The number of nitrogens with zero attached hydrogens (tertiary/aromatic N) is 3. The van der Waals surface area contributed by atoms with Crippen LogP contribution in [0, 0.1) is 5.82 Å². The van der Waals surface area contributed by atoms with Crippen LogP contribution in [0.2, 0.25) is 5.02 Å². The molecule has 3 heterocycles. The molecule has 1 atom stereocenters. The predicted molar refractivity (Wildman–Crippen MR) is 116 cm³/mol. The minimum Gasteiger partial charge on any atom is -0.450 e. The minimum absolute atomic E-state index is 0.0668. The molecule has 0 fully saturated rings. The summed E-state index contributed by atoms with van der Waals surface area (Å²) >= 11 is 7.31. The van der Waals surface area contributed by atoms with Crippen LogP contribution in [0.15, 0.2) is 51.7 Å². The maximum atomic E-state index is 14.9. The van der Waals surface area contributed by atoms with Gasteiger partial charge in [0.25, 0.3) is 5.91 Å². The lowest BCUT2D eigenvalue weighted by Gasteiger charge is -2.22. The lowest BCUT2D eigenvalue weighted by Crippen LogP contribution is -2.30. The number of halogens is 2. The second-order valence-corrected chi connectivity index (χ2v) is 8.62. The van der Waals surface area contributed by atoms with Gasteiger partial charge in [-0.2, -0.15) is 0 Å². The van der Waals surface area contributed by atoms with Gasteiger partial charge in [-0.15, -0.1) is 10.2 Å². The standard InChI is InChI=1S/C22H15ClFN3O3S/c1-2-5-16-25-26-22(31-16)27-18(12-6-3-4-7-14(12)24)17-19(28)13-10-11(23)8-9-15(13)30-20(17)21(27)29/h3-4,6-10,18H,2,5H2,1H3. The number of carbonyl (C=O) groups is 1. The molecule has 0 aliphatic carbocycles. The highest BCUT2D eigenvalue weighted by Crippen LogP contribution is 2.43. The Labute approximate surface area is 184 Å². The van der Waals surface area contributed by atoms with Gasteiger partial charge in [0, 0.05) is 17.0 Å². The molecule has 1 aliphatic heterocycles. The summed E-state index contributed by atoms with van der Waals surface area (Å²) in [5, 5.41) is 9.92. The smallest absolute Gasteiger partial charge is 0.297 e. The first-order valence-electron chi connectivity index (χ1n) is 9.66. The molecule has 9 heteroatoms. The molecule has 156 valence electrons. The van der Waals surface area contributed by atoms with E-state index in [4.69, 9.17) is 16.0 Å². The normalized spacial score (nSPS) is 15.6. The van der Waals surface area contributed by atoms with Gasteiger partial charge >= 0.3 is 0 Å². The molecular formula is C22H15ClFN3O3S. The minimum atomic E-state index is -1.02. The average molecular weight is 456 g/mol. The van der Waals surface area contributed by atoms with Gasteiger partial charge in [-0.25, -0.2) is 4.39 Å². The second kappa shape index (κ2) is 7.55. The Balaban J connectivity index is 1.79. The van der Waals surface area contributed by atoms with Crippen LogP contribution in [0.3, 0.4) is 0 Å². The van der Waals surface area contributed by atoms with Crippen LogP contribution in [0.25, 0.3) is 11.0 Å². The van der Waals surface area contributed by atoms with Gasteiger partial charge in [0.15, 0.2) is 5.43 Å². The van der Waals surface area contributed by atoms with Crippen molar-refractivity contribution in [3.63, 3.8) is 0 Å². The molecule has 0 bridgehead atoms. The Morgan fingerprint density at radius 3 is 2.77 bits per heavy atom. The third-order valence-corrected chi connectivity index (χ3v) is 6.38. The molecule has 0 spiro atoms. The van der Waals surface area contributed by atoms with Gasteiger partial charge in [0.1, 0.15) is 22.4 Å². The summed E-state index contributed by atoms with van der Waals surface area (Å²) in [6.07, 6.45) is 1.57. The Bertz CT molecular complexity index is 1400. The number of benzene rings is 2. The number of rotatable bonds is 4. The zero-order valence-corrected chi connectivity index (χ0v) is 17.8. The van der Waals surface area contributed by atoms with Crippen LogP contribution < -0.4 is 10.3 Å². The summed E-state index contributed by atoms with van der Waals surface area (Å²) in [6.45, 7) is 2.01. The maximum Gasteiger partial charge on any atom is 0.297 e. The van der Waals surface area contributed by atoms with Gasteiger partial charge < -0.3 is 4.42 Å². The number of aryl methyl sites for hydroxylation is 1. The Hall–Kier alpha value is -3.10. The first-order valence-corrected chi connectivity index (χ1v) is 10.9. The van der Waals surface area contributed by atoms with E-state index in [1.807, 2.05) is 6.92 Å². The largest absolute Gasteiger partial charge is 0.450 e. The molecule has 4 aromatic rings. The fourth-order valence-electron chi connectivity index (χ4n) is 3.79. The van der Waals surface area contributed by atoms with E-state index >= 15 is 0 Å². The molecular weight excluding hydrogens is 441 g/mol. The van der Waals surface area contributed by atoms with Gasteiger partial charge in [-0.05, 0) is 30.7 Å². The molecule has 6 nitrogen and oxygen atoms in total. The van der Waals surface area contributed by atoms with E-state index in [9.17, 15) is 14.0 Å². The van der Waals surface area contributed by atoms with Crippen LogP contribution in [-0.2, 0) is 6.42 Å². The van der Waals surface area contributed by atoms with Crippen LogP contribution >= 0.6 is 22.9 Å². The van der Waals surface area contributed by atoms with E-state index in [1.54, 1.807) is 24.3 Å². The topological polar surface area (TPSA) is 76.3 Å². The highest BCUT2D eigenvalue weighted by molar-refractivity contribution is 7.15. The Kier molecular flexibility index (Phi) is 4.83. The van der Waals surface area contributed by atoms with Crippen molar-refractivity contribution < 1.29 is 13.6 Å². The quantitative estimate of drug-likeness (QED) is 0.426. The molecule has 0 saturated heterocycles. The van der Waals surface area contributed by atoms with E-state index in [1.165, 1.54) is 34.4 Å². The average Bonchev–Trinajstić information content (AvgIpc) is 3.32. The van der Waals surface area contributed by atoms with E-state index in [0.29, 0.717) is 11.4 Å². The zero-order chi connectivity index (χ0) is 21.7. The van der Waals surface area contributed by atoms with E-state index in [0.717, 1.165) is 11.4 Å². The van der Waals surface area contributed by atoms with Crippen molar-refractivity contribution in [2.24, 2.45) is 0 Å². The number of amides is 1. The molecule has 1 amide bonds. The van der Waals surface area contributed by atoms with E-state index in [2.05, 4.69) is 10.2 Å².